The largest absolute Gasteiger partial charge is 0.416 e. The predicted molar refractivity (Wildman–Crippen MR) is 81.0 cm³/mol. The van der Waals surface area contributed by atoms with E-state index in [1.54, 1.807) is 0 Å². The van der Waals surface area contributed by atoms with Crippen molar-refractivity contribution >= 4 is 18.3 Å². The molecule has 7 heteroatoms. The summed E-state index contributed by atoms with van der Waals surface area (Å²) >= 11 is 0. The van der Waals surface area contributed by atoms with E-state index in [4.69, 9.17) is 0 Å². The summed E-state index contributed by atoms with van der Waals surface area (Å²) in [4.78, 5) is 12.0. The first-order chi connectivity index (χ1) is 9.86. The molecule has 1 amide bonds. The molecule has 0 aliphatic carbocycles. The third-order valence-electron chi connectivity index (χ3n) is 3.78. The number of carbonyl (C=O) groups is 1. The lowest BCUT2D eigenvalue weighted by molar-refractivity contribution is -0.137. The minimum Gasteiger partial charge on any atom is -0.353 e. The number of carbonyl (C=O) groups excluding carboxylic acids is 1. The van der Waals surface area contributed by atoms with Crippen LogP contribution in [0.4, 0.5) is 13.2 Å². The van der Waals surface area contributed by atoms with Crippen LogP contribution in [0.1, 0.15) is 24.5 Å². The highest BCUT2D eigenvalue weighted by Gasteiger charge is 2.30. The van der Waals surface area contributed by atoms with Gasteiger partial charge in [-0.1, -0.05) is 19.1 Å². The van der Waals surface area contributed by atoms with Crippen molar-refractivity contribution in [3.05, 3.63) is 35.4 Å². The molecule has 1 saturated heterocycles. The average Bonchev–Trinajstić information content (AvgIpc) is 2.41. The lowest BCUT2D eigenvalue weighted by atomic mass is 9.95. The van der Waals surface area contributed by atoms with Gasteiger partial charge in [0.2, 0.25) is 5.91 Å². The van der Waals surface area contributed by atoms with Crippen molar-refractivity contribution in [3.8, 4) is 0 Å². The van der Waals surface area contributed by atoms with Gasteiger partial charge in [-0.3, -0.25) is 4.79 Å². The van der Waals surface area contributed by atoms with Crippen molar-refractivity contribution < 1.29 is 18.0 Å². The van der Waals surface area contributed by atoms with Crippen molar-refractivity contribution in [1.82, 2.24) is 10.6 Å². The summed E-state index contributed by atoms with van der Waals surface area (Å²) in [5.41, 5.74) is -0.110. The first-order valence-corrected chi connectivity index (χ1v) is 7.02. The number of halogens is 4. The highest BCUT2D eigenvalue weighted by Crippen LogP contribution is 2.29. The van der Waals surface area contributed by atoms with E-state index in [2.05, 4.69) is 17.6 Å². The van der Waals surface area contributed by atoms with Crippen molar-refractivity contribution in [3.63, 3.8) is 0 Å². The fraction of sp³-hybridized carbons (Fsp3) is 0.533. The predicted octanol–water partition coefficient (Wildman–Crippen LogP) is 2.78. The van der Waals surface area contributed by atoms with Crippen LogP contribution in [0.5, 0.6) is 0 Å². The molecule has 0 bridgehead atoms. The maximum atomic E-state index is 12.4. The average molecular weight is 337 g/mol. The van der Waals surface area contributed by atoms with Crippen LogP contribution in [-0.4, -0.2) is 25.0 Å². The van der Waals surface area contributed by atoms with E-state index in [9.17, 15) is 18.0 Å². The van der Waals surface area contributed by atoms with Gasteiger partial charge in [0.05, 0.1) is 12.0 Å². The molecule has 22 heavy (non-hydrogen) atoms. The Kier molecular flexibility index (Phi) is 6.68. The van der Waals surface area contributed by atoms with Gasteiger partial charge in [-0.05, 0) is 43.1 Å². The zero-order valence-electron chi connectivity index (χ0n) is 12.2. The number of rotatable bonds is 3. The molecule has 2 N–H and O–H groups in total. The molecule has 2 rings (SSSR count). The first-order valence-electron chi connectivity index (χ1n) is 7.02. The monoisotopic (exact) mass is 336 g/mol. The smallest absolute Gasteiger partial charge is 0.353 e. The van der Waals surface area contributed by atoms with E-state index in [-0.39, 0.29) is 30.8 Å². The van der Waals surface area contributed by atoms with Gasteiger partial charge < -0.3 is 10.6 Å². The molecule has 2 atom stereocenters. The Morgan fingerprint density at radius 1 is 1.32 bits per heavy atom. The molecule has 0 aromatic heterocycles. The van der Waals surface area contributed by atoms with E-state index in [0.29, 0.717) is 11.5 Å². The summed E-state index contributed by atoms with van der Waals surface area (Å²) in [6.07, 6.45) is -3.36. The molecule has 0 spiro atoms. The van der Waals surface area contributed by atoms with Crippen LogP contribution in [-0.2, 0) is 17.4 Å². The number of amides is 1. The Bertz CT molecular complexity index is 491. The highest BCUT2D eigenvalue weighted by atomic mass is 35.5. The number of benzene rings is 1. The molecule has 1 aromatic rings. The molecule has 0 saturated carbocycles. The van der Waals surface area contributed by atoms with Gasteiger partial charge in [0.15, 0.2) is 0 Å². The van der Waals surface area contributed by atoms with Crippen LogP contribution in [0.3, 0.4) is 0 Å². The Labute approximate surface area is 134 Å². The zero-order valence-corrected chi connectivity index (χ0v) is 13.1. The van der Waals surface area contributed by atoms with Gasteiger partial charge in [0.25, 0.3) is 0 Å². The van der Waals surface area contributed by atoms with E-state index < -0.39 is 11.7 Å². The third-order valence-corrected chi connectivity index (χ3v) is 3.78. The SMILES string of the molecule is CC1CNCCC1NC(=O)Cc1ccc(C(F)(F)F)cc1.Cl. The molecular weight excluding hydrogens is 317 g/mol. The molecule has 0 radical (unpaired) electrons. The van der Waals surface area contributed by atoms with Gasteiger partial charge >= 0.3 is 6.18 Å². The molecule has 3 nitrogen and oxygen atoms in total. The summed E-state index contributed by atoms with van der Waals surface area (Å²) in [6, 6.07) is 4.86. The Balaban J connectivity index is 0.00000242. The molecule has 1 heterocycles. The molecule has 124 valence electrons. The number of nitrogens with one attached hydrogen (secondary N) is 2. The summed E-state index contributed by atoms with van der Waals surface area (Å²) < 4.78 is 37.3. The lowest BCUT2D eigenvalue weighted by Crippen LogP contribution is -2.48. The quantitative estimate of drug-likeness (QED) is 0.891. The molecule has 2 unspecified atom stereocenters. The second kappa shape index (κ2) is 7.83. The van der Waals surface area contributed by atoms with Gasteiger partial charge in [-0.25, -0.2) is 0 Å². The second-order valence-electron chi connectivity index (χ2n) is 5.52. The van der Waals surface area contributed by atoms with E-state index in [1.165, 1.54) is 12.1 Å². The van der Waals surface area contributed by atoms with Gasteiger partial charge in [-0.15, -0.1) is 12.4 Å². The summed E-state index contributed by atoms with van der Waals surface area (Å²) in [6.45, 7) is 3.80. The molecule has 1 aliphatic rings. The summed E-state index contributed by atoms with van der Waals surface area (Å²) in [5.74, 6) is 0.212. The first kappa shape index (κ1) is 18.8. The van der Waals surface area contributed by atoms with Crippen molar-refractivity contribution in [2.45, 2.75) is 32.0 Å². The summed E-state index contributed by atoms with van der Waals surface area (Å²) in [5, 5.41) is 6.21. The number of hydrogen-bond acceptors (Lipinski definition) is 2. The van der Waals surface area contributed by atoms with Crippen molar-refractivity contribution in [1.29, 1.82) is 0 Å². The van der Waals surface area contributed by atoms with E-state index >= 15 is 0 Å². The van der Waals surface area contributed by atoms with Crippen LogP contribution in [0.15, 0.2) is 24.3 Å². The minimum atomic E-state index is -4.34. The Morgan fingerprint density at radius 3 is 2.50 bits per heavy atom. The molecular formula is C15H20ClF3N2O. The lowest BCUT2D eigenvalue weighted by Gasteiger charge is -2.30. The minimum absolute atomic E-state index is 0. The van der Waals surface area contributed by atoms with Crippen LogP contribution < -0.4 is 10.6 Å². The number of piperidine rings is 1. The highest BCUT2D eigenvalue weighted by molar-refractivity contribution is 5.85. The normalized spacial score (nSPS) is 21.8. The van der Waals surface area contributed by atoms with Crippen molar-refractivity contribution in [2.75, 3.05) is 13.1 Å². The van der Waals surface area contributed by atoms with Gasteiger partial charge in [0.1, 0.15) is 0 Å². The Hall–Kier alpha value is -1.27. The van der Waals surface area contributed by atoms with Crippen molar-refractivity contribution in [2.24, 2.45) is 5.92 Å². The summed E-state index contributed by atoms with van der Waals surface area (Å²) in [7, 11) is 0. The molecule has 1 fully saturated rings. The van der Waals surface area contributed by atoms with E-state index in [0.717, 1.165) is 31.6 Å². The van der Waals surface area contributed by atoms with Crippen LogP contribution in [0.25, 0.3) is 0 Å². The maximum Gasteiger partial charge on any atom is 0.416 e. The van der Waals surface area contributed by atoms with E-state index in [1.807, 2.05) is 0 Å². The molecule has 1 aliphatic heterocycles. The topological polar surface area (TPSA) is 41.1 Å². The van der Waals surface area contributed by atoms with Gasteiger partial charge in [-0.2, -0.15) is 13.2 Å². The number of hydrogen-bond donors (Lipinski definition) is 2. The van der Waals surface area contributed by atoms with Gasteiger partial charge in [0, 0.05) is 6.04 Å². The van der Waals surface area contributed by atoms with Crippen LogP contribution >= 0.6 is 12.4 Å². The maximum absolute atomic E-state index is 12.4. The zero-order chi connectivity index (χ0) is 15.5. The number of alkyl halides is 3. The van der Waals surface area contributed by atoms with Crippen LogP contribution in [0.2, 0.25) is 0 Å². The fourth-order valence-corrected chi connectivity index (χ4v) is 2.48. The second-order valence-corrected chi connectivity index (χ2v) is 5.52. The Morgan fingerprint density at radius 2 is 1.95 bits per heavy atom. The third kappa shape index (κ3) is 5.18. The van der Waals surface area contributed by atoms with Crippen LogP contribution in [0, 0.1) is 5.92 Å². The molecule has 1 aromatic carbocycles. The standard InChI is InChI=1S/C15H19F3N2O.ClH/c1-10-9-19-7-6-13(10)20-14(21)8-11-2-4-12(5-3-11)15(16,17)18;/h2-5,10,13,19H,6-9H2,1H3,(H,20,21);1H. The fourth-order valence-electron chi connectivity index (χ4n) is 2.48.